The van der Waals surface area contributed by atoms with Crippen LogP contribution in [0, 0.1) is 19.8 Å². The van der Waals surface area contributed by atoms with E-state index in [0.717, 1.165) is 24.5 Å². The monoisotopic (exact) mass is 451 g/mol. The smallest absolute Gasteiger partial charge is 0.246 e. The van der Waals surface area contributed by atoms with Crippen molar-refractivity contribution in [2.24, 2.45) is 5.92 Å². The Kier molecular flexibility index (Phi) is 6.61. The molecule has 2 aliphatic rings. The molecule has 2 fully saturated rings. The molecule has 1 spiro atoms. The van der Waals surface area contributed by atoms with Gasteiger partial charge < -0.3 is 10.2 Å². The Morgan fingerprint density at radius 1 is 1.12 bits per heavy atom. The lowest BCUT2D eigenvalue weighted by Gasteiger charge is -2.52. The van der Waals surface area contributed by atoms with E-state index in [-0.39, 0.29) is 17.9 Å². The summed E-state index contributed by atoms with van der Waals surface area (Å²) >= 11 is 0. The number of amides is 2. The topological polar surface area (TPSA) is 81.3 Å². The van der Waals surface area contributed by atoms with E-state index in [1.807, 2.05) is 24.8 Å². The number of carbonyl (C=O) groups is 2. The molecule has 2 N–H and O–H groups in total. The zero-order valence-electron chi connectivity index (χ0n) is 20.5. The first-order chi connectivity index (χ1) is 15.8. The van der Waals surface area contributed by atoms with Gasteiger partial charge in [0.25, 0.3) is 0 Å². The number of piperazine rings is 1. The molecule has 4 rings (SSSR count). The summed E-state index contributed by atoms with van der Waals surface area (Å²) in [7, 11) is 0. The molecule has 2 unspecified atom stereocenters. The van der Waals surface area contributed by atoms with E-state index in [9.17, 15) is 9.59 Å². The Labute approximate surface area is 196 Å². The number of hydrogen-bond acceptors (Lipinski definition) is 4. The Balaban J connectivity index is 1.61. The van der Waals surface area contributed by atoms with E-state index < -0.39 is 11.6 Å². The number of aryl methyl sites for hydroxylation is 2. The first kappa shape index (κ1) is 23.5. The molecule has 0 saturated carbocycles. The molecule has 7 heteroatoms. The first-order valence-corrected chi connectivity index (χ1v) is 12.2. The number of likely N-dealkylation sites (tertiary alicyclic amines) is 1. The van der Waals surface area contributed by atoms with Crippen molar-refractivity contribution in [1.82, 2.24) is 25.3 Å². The number of H-pyrrole nitrogens is 1. The minimum absolute atomic E-state index is 0.0150. The predicted molar refractivity (Wildman–Crippen MR) is 129 cm³/mol. The zero-order chi connectivity index (χ0) is 23.8. The summed E-state index contributed by atoms with van der Waals surface area (Å²) in [4.78, 5) is 31.0. The van der Waals surface area contributed by atoms with Crippen LogP contribution in [0.25, 0.3) is 0 Å². The highest BCUT2D eigenvalue weighted by Crippen LogP contribution is 2.39. The fraction of sp³-hybridized carbons (Fsp3) is 0.577. The van der Waals surface area contributed by atoms with Gasteiger partial charge >= 0.3 is 0 Å². The van der Waals surface area contributed by atoms with Crippen LogP contribution in [0.3, 0.4) is 0 Å². The SMILES string of the molecule is CCN1C(=O)C(CC(C)C)NC(=O)C12CCN(C(c1ccccc1)c1c(C)n[nH]c1C)CC2. The van der Waals surface area contributed by atoms with E-state index >= 15 is 0 Å². The van der Waals surface area contributed by atoms with Gasteiger partial charge in [0.1, 0.15) is 11.6 Å². The summed E-state index contributed by atoms with van der Waals surface area (Å²) in [6.07, 6.45) is 1.94. The van der Waals surface area contributed by atoms with Crippen molar-refractivity contribution < 1.29 is 9.59 Å². The largest absolute Gasteiger partial charge is 0.342 e. The fourth-order valence-corrected chi connectivity index (χ4v) is 5.77. The van der Waals surface area contributed by atoms with Crippen molar-refractivity contribution in [2.75, 3.05) is 19.6 Å². The van der Waals surface area contributed by atoms with E-state index in [1.54, 1.807) is 0 Å². The second-order valence-corrected chi connectivity index (χ2v) is 9.97. The van der Waals surface area contributed by atoms with Crippen molar-refractivity contribution in [3.63, 3.8) is 0 Å². The van der Waals surface area contributed by atoms with Gasteiger partial charge in [-0.15, -0.1) is 0 Å². The average molecular weight is 452 g/mol. The third-order valence-corrected chi connectivity index (χ3v) is 7.40. The molecule has 33 heavy (non-hydrogen) atoms. The standard InChI is InChI=1S/C26H37N5O2/c1-6-31-24(32)21(16-17(2)3)27-25(33)26(31)12-14-30(15-13-26)23(20-10-8-7-9-11-20)22-18(4)28-29-19(22)5/h7-11,17,21,23H,6,12-16H2,1-5H3,(H,27,33)(H,28,29). The van der Waals surface area contributed by atoms with Gasteiger partial charge in [0.05, 0.1) is 11.7 Å². The lowest BCUT2D eigenvalue weighted by atomic mass is 9.80. The van der Waals surface area contributed by atoms with Gasteiger partial charge in [-0.1, -0.05) is 44.2 Å². The highest BCUT2D eigenvalue weighted by atomic mass is 16.2. The van der Waals surface area contributed by atoms with Gasteiger partial charge in [-0.2, -0.15) is 5.10 Å². The van der Waals surface area contributed by atoms with Gasteiger partial charge in [0, 0.05) is 30.9 Å². The van der Waals surface area contributed by atoms with Crippen LogP contribution in [-0.2, 0) is 9.59 Å². The molecule has 3 heterocycles. The van der Waals surface area contributed by atoms with Crippen LogP contribution in [0.1, 0.15) is 68.6 Å². The quantitative estimate of drug-likeness (QED) is 0.706. The number of likely N-dealkylation sites (N-methyl/N-ethyl adjacent to an activating group) is 1. The Morgan fingerprint density at radius 2 is 1.79 bits per heavy atom. The minimum atomic E-state index is -0.752. The van der Waals surface area contributed by atoms with Crippen LogP contribution in [-0.4, -0.2) is 63.0 Å². The molecule has 2 aliphatic heterocycles. The van der Waals surface area contributed by atoms with Crippen LogP contribution >= 0.6 is 0 Å². The van der Waals surface area contributed by atoms with Crippen LogP contribution in [0.2, 0.25) is 0 Å². The maximum Gasteiger partial charge on any atom is 0.246 e. The van der Waals surface area contributed by atoms with E-state index in [0.29, 0.717) is 31.7 Å². The molecule has 2 atom stereocenters. The number of carbonyl (C=O) groups excluding carboxylic acids is 2. The van der Waals surface area contributed by atoms with Gasteiger partial charge in [0.2, 0.25) is 11.8 Å². The van der Waals surface area contributed by atoms with Crippen molar-refractivity contribution in [2.45, 2.75) is 71.5 Å². The fourth-order valence-electron chi connectivity index (χ4n) is 5.77. The predicted octanol–water partition coefficient (Wildman–Crippen LogP) is 3.34. The number of piperidine rings is 1. The third-order valence-electron chi connectivity index (χ3n) is 7.40. The van der Waals surface area contributed by atoms with Crippen LogP contribution in [0.5, 0.6) is 0 Å². The van der Waals surface area contributed by atoms with Gasteiger partial charge in [-0.05, 0) is 51.5 Å². The molecule has 1 aromatic heterocycles. The maximum absolute atomic E-state index is 13.4. The molecule has 178 valence electrons. The van der Waals surface area contributed by atoms with Gasteiger partial charge in [-0.3, -0.25) is 19.6 Å². The Morgan fingerprint density at radius 3 is 2.33 bits per heavy atom. The molecular formula is C26H37N5O2. The van der Waals surface area contributed by atoms with Crippen LogP contribution in [0.4, 0.5) is 0 Å². The maximum atomic E-state index is 13.4. The molecule has 0 aliphatic carbocycles. The molecular weight excluding hydrogens is 414 g/mol. The molecule has 0 radical (unpaired) electrons. The number of aromatic amines is 1. The number of nitrogens with zero attached hydrogens (tertiary/aromatic N) is 3. The minimum Gasteiger partial charge on any atom is -0.342 e. The van der Waals surface area contributed by atoms with Crippen LogP contribution in [0.15, 0.2) is 30.3 Å². The van der Waals surface area contributed by atoms with Crippen molar-refractivity contribution >= 4 is 11.8 Å². The molecule has 2 amide bonds. The molecule has 1 aromatic carbocycles. The molecule has 7 nitrogen and oxygen atoms in total. The Hall–Kier alpha value is -2.67. The highest BCUT2D eigenvalue weighted by molar-refractivity contribution is 6.00. The lowest BCUT2D eigenvalue weighted by molar-refractivity contribution is -0.161. The number of rotatable bonds is 6. The lowest BCUT2D eigenvalue weighted by Crippen LogP contribution is -2.72. The normalized spacial score (nSPS) is 22.1. The van der Waals surface area contributed by atoms with Crippen molar-refractivity contribution in [3.05, 3.63) is 52.8 Å². The van der Waals surface area contributed by atoms with Gasteiger partial charge in [0.15, 0.2) is 0 Å². The average Bonchev–Trinajstić information content (AvgIpc) is 3.12. The molecule has 0 bridgehead atoms. The second-order valence-electron chi connectivity index (χ2n) is 9.97. The second kappa shape index (κ2) is 9.29. The van der Waals surface area contributed by atoms with Crippen molar-refractivity contribution in [1.29, 1.82) is 0 Å². The van der Waals surface area contributed by atoms with E-state index in [2.05, 4.69) is 65.5 Å². The summed E-state index contributed by atoms with van der Waals surface area (Å²) in [6, 6.07) is 10.1. The van der Waals surface area contributed by atoms with E-state index in [4.69, 9.17) is 0 Å². The highest BCUT2D eigenvalue weighted by Gasteiger charge is 2.53. The summed E-state index contributed by atoms with van der Waals surface area (Å²) in [5, 5.41) is 10.7. The summed E-state index contributed by atoms with van der Waals surface area (Å²) in [5.74, 6) is 0.434. The third kappa shape index (κ3) is 4.19. The first-order valence-electron chi connectivity index (χ1n) is 12.2. The summed E-state index contributed by atoms with van der Waals surface area (Å²) < 4.78 is 0. The number of nitrogens with one attached hydrogen (secondary N) is 2. The number of benzene rings is 1. The van der Waals surface area contributed by atoms with Gasteiger partial charge in [-0.25, -0.2) is 0 Å². The zero-order valence-corrected chi connectivity index (χ0v) is 20.5. The molecule has 2 saturated heterocycles. The summed E-state index contributed by atoms with van der Waals surface area (Å²) in [6.45, 7) is 12.3. The van der Waals surface area contributed by atoms with Crippen molar-refractivity contribution in [3.8, 4) is 0 Å². The Bertz CT molecular complexity index is 972. The number of aromatic nitrogens is 2. The molecule has 2 aromatic rings. The summed E-state index contributed by atoms with van der Waals surface area (Å²) in [5.41, 5.74) is 3.73. The van der Waals surface area contributed by atoms with Crippen LogP contribution < -0.4 is 5.32 Å². The van der Waals surface area contributed by atoms with E-state index in [1.165, 1.54) is 11.1 Å². The number of hydrogen-bond donors (Lipinski definition) is 2.